The molecule has 0 saturated carbocycles. The normalized spacial score (nSPS) is 11.6. The van der Waals surface area contributed by atoms with Crippen LogP contribution in [0.5, 0.6) is 0 Å². The first-order chi connectivity index (χ1) is 27.7. The number of aromatic nitrogens is 4. The molecule has 0 saturated heterocycles. The first-order valence-electron chi connectivity index (χ1n) is 18.8. The zero-order valence-electron chi connectivity index (χ0n) is 30.2. The molecule has 0 bridgehead atoms. The summed E-state index contributed by atoms with van der Waals surface area (Å²) in [6.45, 7) is 0. The third kappa shape index (κ3) is 5.37. The second-order valence-electron chi connectivity index (χ2n) is 14.0. The third-order valence-electron chi connectivity index (χ3n) is 10.6. The van der Waals surface area contributed by atoms with E-state index in [0.29, 0.717) is 17.5 Å². The van der Waals surface area contributed by atoms with Crippen molar-refractivity contribution in [3.63, 3.8) is 0 Å². The van der Waals surface area contributed by atoms with E-state index in [1.165, 1.54) is 5.39 Å². The van der Waals surface area contributed by atoms with Gasteiger partial charge in [0.25, 0.3) is 0 Å². The van der Waals surface area contributed by atoms with Gasteiger partial charge in [0.2, 0.25) is 0 Å². The van der Waals surface area contributed by atoms with Gasteiger partial charge in [0.05, 0.1) is 11.0 Å². The predicted octanol–water partition coefficient (Wildman–Crippen LogP) is 13.2. The average molecular weight is 717 g/mol. The van der Waals surface area contributed by atoms with Crippen LogP contribution in [-0.4, -0.2) is 19.5 Å². The van der Waals surface area contributed by atoms with Crippen molar-refractivity contribution in [2.24, 2.45) is 0 Å². The molecule has 5 heteroatoms. The second kappa shape index (κ2) is 13.0. The summed E-state index contributed by atoms with van der Waals surface area (Å²) in [4.78, 5) is 15.6. The minimum Gasteiger partial charge on any atom is -0.456 e. The van der Waals surface area contributed by atoms with Crippen LogP contribution in [0.25, 0.3) is 106 Å². The van der Waals surface area contributed by atoms with Crippen LogP contribution in [0.3, 0.4) is 0 Å². The maximum absolute atomic E-state index is 6.68. The molecule has 5 nitrogen and oxygen atoms in total. The van der Waals surface area contributed by atoms with Crippen LogP contribution < -0.4 is 0 Å². The fraction of sp³-hybridized carbons (Fsp3) is 0. The van der Waals surface area contributed by atoms with Gasteiger partial charge in [-0.05, 0) is 70.8 Å². The largest absolute Gasteiger partial charge is 0.456 e. The number of hydrogen-bond donors (Lipinski definition) is 0. The van der Waals surface area contributed by atoms with Gasteiger partial charge in [-0.15, -0.1) is 0 Å². The predicted molar refractivity (Wildman–Crippen MR) is 229 cm³/mol. The SMILES string of the molecule is c1ccc(-c2cc(-c3ccccc3)cc(-c3nc(-c4ccccc4)nc(-c4cccc5oc6cc7c(cc6c45)c4ccccc4n7-c4ccccc4)n3)c2)cc1. The summed E-state index contributed by atoms with van der Waals surface area (Å²) in [6, 6.07) is 67.4. The highest BCUT2D eigenvalue weighted by Crippen LogP contribution is 2.42. The van der Waals surface area contributed by atoms with Crippen LogP contribution in [0.2, 0.25) is 0 Å². The Kier molecular flexibility index (Phi) is 7.42. The van der Waals surface area contributed by atoms with Crippen molar-refractivity contribution in [3.8, 4) is 62.1 Å². The molecule has 0 spiro atoms. The minimum absolute atomic E-state index is 0.584. The van der Waals surface area contributed by atoms with Crippen LogP contribution in [-0.2, 0) is 0 Å². The number of fused-ring (bicyclic) bond motifs is 6. The standard InChI is InChI=1S/C51H32N4O/c1-5-16-33(17-6-1)36-28-37(34-18-7-2-8-19-34)30-38(29-36)50-52-49(35-20-9-3-10-21-35)53-51(54-50)41-25-15-27-46-48(41)43-31-42-40-24-13-14-26-44(40)55(39-22-11-4-12-23-39)45(42)32-47(43)56-46/h1-32H. The number of para-hydroxylation sites is 2. The highest BCUT2D eigenvalue weighted by Gasteiger charge is 2.21. The lowest BCUT2D eigenvalue weighted by Crippen LogP contribution is -2.01. The van der Waals surface area contributed by atoms with Crippen LogP contribution in [0.4, 0.5) is 0 Å². The summed E-state index contributed by atoms with van der Waals surface area (Å²) in [7, 11) is 0. The van der Waals surface area contributed by atoms with E-state index in [1.807, 2.05) is 60.7 Å². The minimum atomic E-state index is 0.584. The molecule has 56 heavy (non-hydrogen) atoms. The second-order valence-corrected chi connectivity index (χ2v) is 14.0. The van der Waals surface area contributed by atoms with E-state index in [9.17, 15) is 0 Å². The van der Waals surface area contributed by atoms with Gasteiger partial charge in [0.1, 0.15) is 11.2 Å². The lowest BCUT2D eigenvalue weighted by atomic mass is 9.96. The smallest absolute Gasteiger partial charge is 0.164 e. The molecule has 3 heterocycles. The Morgan fingerprint density at radius 3 is 1.57 bits per heavy atom. The highest BCUT2D eigenvalue weighted by atomic mass is 16.3. The third-order valence-corrected chi connectivity index (χ3v) is 10.6. The van der Waals surface area contributed by atoms with E-state index in [-0.39, 0.29) is 0 Å². The van der Waals surface area contributed by atoms with Crippen LogP contribution in [0, 0.1) is 0 Å². The van der Waals surface area contributed by atoms with E-state index in [1.54, 1.807) is 0 Å². The fourth-order valence-corrected chi connectivity index (χ4v) is 8.02. The van der Waals surface area contributed by atoms with Crippen molar-refractivity contribution < 1.29 is 4.42 Å². The van der Waals surface area contributed by atoms with Gasteiger partial charge in [-0.3, -0.25) is 0 Å². The quantitative estimate of drug-likeness (QED) is 0.172. The molecule has 0 atom stereocenters. The number of hydrogen-bond acceptors (Lipinski definition) is 4. The van der Waals surface area contributed by atoms with Gasteiger partial charge in [0, 0.05) is 50.0 Å². The molecular weight excluding hydrogens is 685 g/mol. The van der Waals surface area contributed by atoms with E-state index < -0.39 is 0 Å². The van der Waals surface area contributed by atoms with E-state index >= 15 is 0 Å². The molecule has 0 unspecified atom stereocenters. The van der Waals surface area contributed by atoms with E-state index in [0.717, 1.165) is 83.0 Å². The molecule has 0 N–H and O–H groups in total. The van der Waals surface area contributed by atoms with Gasteiger partial charge in [-0.2, -0.15) is 0 Å². The molecule has 0 aliphatic rings. The van der Waals surface area contributed by atoms with Crippen molar-refractivity contribution in [2.75, 3.05) is 0 Å². The number of benzene rings is 8. The molecule has 262 valence electrons. The van der Waals surface area contributed by atoms with Crippen molar-refractivity contribution in [3.05, 3.63) is 194 Å². The summed E-state index contributed by atoms with van der Waals surface area (Å²) in [5, 5.41) is 4.32. The van der Waals surface area contributed by atoms with Crippen molar-refractivity contribution in [2.45, 2.75) is 0 Å². The summed E-state index contributed by atoms with van der Waals surface area (Å²) in [5.74, 6) is 1.79. The molecule has 11 aromatic rings. The molecule has 0 fully saturated rings. The Labute approximate surface area is 322 Å². The number of rotatable bonds is 6. The molecule has 3 aromatic heterocycles. The van der Waals surface area contributed by atoms with Gasteiger partial charge in [-0.1, -0.05) is 140 Å². The Bertz CT molecular complexity index is 3170. The zero-order valence-corrected chi connectivity index (χ0v) is 30.2. The van der Waals surface area contributed by atoms with E-state index in [4.69, 9.17) is 19.4 Å². The Hall–Kier alpha value is -7.63. The van der Waals surface area contributed by atoms with E-state index in [2.05, 4.69) is 138 Å². The lowest BCUT2D eigenvalue weighted by Gasteiger charge is -2.13. The first-order valence-corrected chi connectivity index (χ1v) is 18.8. The number of furan rings is 1. The fourth-order valence-electron chi connectivity index (χ4n) is 8.02. The van der Waals surface area contributed by atoms with Crippen LogP contribution in [0.15, 0.2) is 199 Å². The van der Waals surface area contributed by atoms with Gasteiger partial charge in [-0.25, -0.2) is 15.0 Å². The Balaban J connectivity index is 1.16. The van der Waals surface area contributed by atoms with Crippen molar-refractivity contribution in [1.29, 1.82) is 0 Å². The van der Waals surface area contributed by atoms with Crippen molar-refractivity contribution in [1.82, 2.24) is 19.5 Å². The molecule has 0 aliphatic heterocycles. The molecule has 0 amide bonds. The Morgan fingerprint density at radius 2 is 0.893 bits per heavy atom. The van der Waals surface area contributed by atoms with Gasteiger partial charge >= 0.3 is 0 Å². The lowest BCUT2D eigenvalue weighted by molar-refractivity contribution is 0.669. The zero-order chi connectivity index (χ0) is 37.0. The summed E-state index contributed by atoms with van der Waals surface area (Å²) in [6.07, 6.45) is 0. The van der Waals surface area contributed by atoms with Crippen molar-refractivity contribution >= 4 is 43.7 Å². The monoisotopic (exact) mass is 716 g/mol. The molecule has 0 radical (unpaired) electrons. The molecule has 8 aromatic carbocycles. The molecule has 11 rings (SSSR count). The molecular formula is C51H32N4O. The number of nitrogens with zero attached hydrogens (tertiary/aromatic N) is 4. The molecule has 0 aliphatic carbocycles. The summed E-state index contributed by atoms with van der Waals surface area (Å²) >= 11 is 0. The van der Waals surface area contributed by atoms with Gasteiger partial charge < -0.3 is 8.98 Å². The van der Waals surface area contributed by atoms with Crippen LogP contribution in [0.1, 0.15) is 0 Å². The Morgan fingerprint density at radius 1 is 0.339 bits per heavy atom. The van der Waals surface area contributed by atoms with Gasteiger partial charge in [0.15, 0.2) is 17.5 Å². The highest BCUT2D eigenvalue weighted by molar-refractivity contribution is 6.19. The average Bonchev–Trinajstić information content (AvgIpc) is 3.81. The first kappa shape index (κ1) is 31.9. The van der Waals surface area contributed by atoms with Crippen LogP contribution >= 0.6 is 0 Å². The maximum Gasteiger partial charge on any atom is 0.164 e. The maximum atomic E-state index is 6.68. The summed E-state index contributed by atoms with van der Waals surface area (Å²) in [5.41, 5.74) is 12.1. The summed E-state index contributed by atoms with van der Waals surface area (Å²) < 4.78 is 9.00. The topological polar surface area (TPSA) is 56.7 Å².